The quantitative estimate of drug-likeness (QED) is 0.0193. The molecule has 30 heteroatoms. The number of methoxy groups -OCH3 is 3. The predicted molar refractivity (Wildman–Crippen MR) is 422 cm³/mol. The SMILES string of the molecule is C=CC(=O)Nc1cc(Nc2cc(-c3ccc4c(cnn4C)c3)ncn2)c(OC)cc1CN1CCN(C)CC1.COc1cc(CN2CCN(C)CC2)c(N)cc1Nc1cc(-c2ccc3c(cnn3C)c2)ncn1.COc1cc(CN2CCN(C)CC2)c([N+](=O)[O-])cc1Nc1cc(-c2ccc3c(cnn3C)c2)ncn1. The van der Waals surface area contributed by atoms with Crippen molar-refractivity contribution < 1.29 is 23.9 Å². The van der Waals surface area contributed by atoms with E-state index in [2.05, 4.69) is 142 Å². The minimum atomic E-state index is -0.343. The first-order valence-electron chi connectivity index (χ1n) is 35.6. The fourth-order valence-electron chi connectivity index (χ4n) is 13.4. The van der Waals surface area contributed by atoms with E-state index < -0.39 is 0 Å². The number of ether oxygens (including phenoxy) is 3. The number of nitrogens with zero attached hydrogens (tertiary/aromatic N) is 19. The molecule has 108 heavy (non-hydrogen) atoms. The van der Waals surface area contributed by atoms with E-state index in [1.807, 2.05) is 127 Å². The lowest BCUT2D eigenvalue weighted by Crippen LogP contribution is -2.44. The zero-order valence-electron chi connectivity index (χ0n) is 62.3. The molecule has 3 aliphatic rings. The summed E-state index contributed by atoms with van der Waals surface area (Å²) in [5.41, 5.74) is 20.9. The number of nitro benzene ring substituents is 1. The van der Waals surface area contributed by atoms with Gasteiger partial charge in [0.2, 0.25) is 5.91 Å². The van der Waals surface area contributed by atoms with E-state index in [0.29, 0.717) is 64.7 Å². The van der Waals surface area contributed by atoms with E-state index >= 15 is 0 Å². The number of carbonyl (C=O) groups excluding carboxylic acids is 1. The topological polar surface area (TPSA) is 312 Å². The van der Waals surface area contributed by atoms with Gasteiger partial charge in [0.1, 0.15) is 53.7 Å². The van der Waals surface area contributed by atoms with E-state index in [-0.39, 0.29) is 16.5 Å². The van der Waals surface area contributed by atoms with Gasteiger partial charge >= 0.3 is 0 Å². The molecule has 6 aromatic heterocycles. The minimum Gasteiger partial charge on any atom is -0.495 e. The first-order chi connectivity index (χ1) is 52.3. The van der Waals surface area contributed by atoms with Gasteiger partial charge in [-0.25, -0.2) is 29.9 Å². The Balaban J connectivity index is 0.000000143. The average molecular weight is 1460 g/mol. The second-order valence-corrected chi connectivity index (χ2v) is 27.2. The molecule has 3 aliphatic heterocycles. The number of hydrogen-bond acceptors (Lipinski definition) is 25. The van der Waals surface area contributed by atoms with Crippen LogP contribution in [-0.4, -0.2) is 220 Å². The highest BCUT2D eigenvalue weighted by Gasteiger charge is 2.25. The Kier molecular flexibility index (Phi) is 23.1. The number of nitro groups is 1. The molecule has 9 heterocycles. The van der Waals surface area contributed by atoms with Crippen LogP contribution in [0.25, 0.3) is 66.5 Å². The number of aryl methyl sites for hydroxylation is 3. The van der Waals surface area contributed by atoms with Crippen LogP contribution in [0.5, 0.6) is 17.2 Å². The molecule has 0 unspecified atom stereocenters. The zero-order valence-corrected chi connectivity index (χ0v) is 62.3. The van der Waals surface area contributed by atoms with Gasteiger partial charge in [-0.15, -0.1) is 0 Å². The van der Waals surface area contributed by atoms with Crippen LogP contribution in [0.3, 0.4) is 0 Å². The Hall–Kier alpha value is -12.1. The normalized spacial score (nSPS) is 14.7. The van der Waals surface area contributed by atoms with E-state index in [1.54, 1.807) is 39.8 Å². The molecule has 0 spiro atoms. The summed E-state index contributed by atoms with van der Waals surface area (Å²) in [5.74, 6) is 3.41. The van der Waals surface area contributed by atoms with Crippen LogP contribution in [0.15, 0.2) is 159 Å². The average Bonchev–Trinajstić information content (AvgIpc) is 1.64. The number of likely N-dealkylation sites (N-methyl/N-ethyl adjacent to an activating group) is 3. The fraction of sp³-hybridized carbons (Fsp3) is 0.308. The molecule has 1 amide bonds. The number of anilines is 8. The fourth-order valence-corrected chi connectivity index (χ4v) is 13.4. The molecule has 0 saturated carbocycles. The summed E-state index contributed by atoms with van der Waals surface area (Å²) < 4.78 is 22.5. The smallest absolute Gasteiger partial charge is 0.276 e. The molecule has 30 nitrogen and oxygen atoms in total. The van der Waals surface area contributed by atoms with Gasteiger partial charge in [-0.1, -0.05) is 24.8 Å². The Morgan fingerprint density at radius 3 is 1.19 bits per heavy atom. The second kappa shape index (κ2) is 33.6. The van der Waals surface area contributed by atoms with Crippen LogP contribution in [0.2, 0.25) is 0 Å². The first-order valence-corrected chi connectivity index (χ1v) is 35.6. The first kappa shape index (κ1) is 74.2. The van der Waals surface area contributed by atoms with Gasteiger partial charge in [0.15, 0.2) is 0 Å². The van der Waals surface area contributed by atoms with Crippen LogP contribution in [-0.2, 0) is 45.6 Å². The maximum Gasteiger partial charge on any atom is 0.276 e. The molecule has 6 N–H and O–H groups in total. The second-order valence-electron chi connectivity index (χ2n) is 27.2. The molecule has 12 aromatic rings. The summed E-state index contributed by atoms with van der Waals surface area (Å²) in [6, 6.07) is 35.0. The summed E-state index contributed by atoms with van der Waals surface area (Å²) >= 11 is 0. The summed E-state index contributed by atoms with van der Waals surface area (Å²) in [5, 5.41) is 40.9. The number of hydrogen-bond donors (Lipinski definition) is 5. The number of aromatic nitrogens is 12. The summed E-state index contributed by atoms with van der Waals surface area (Å²) in [6.45, 7) is 17.4. The van der Waals surface area contributed by atoms with E-state index in [0.717, 1.165) is 180 Å². The van der Waals surface area contributed by atoms with Crippen molar-refractivity contribution >= 4 is 90.2 Å². The largest absolute Gasteiger partial charge is 0.495 e. The zero-order chi connectivity index (χ0) is 75.5. The third-order valence-corrected chi connectivity index (χ3v) is 19.8. The maximum atomic E-state index is 12.3. The maximum absolute atomic E-state index is 12.3. The van der Waals surface area contributed by atoms with Crippen molar-refractivity contribution in [2.24, 2.45) is 21.1 Å². The molecule has 0 aliphatic carbocycles. The highest BCUT2D eigenvalue weighted by atomic mass is 16.6. The van der Waals surface area contributed by atoms with E-state index in [1.165, 1.54) is 24.8 Å². The Labute approximate surface area is 625 Å². The van der Waals surface area contributed by atoms with Crippen LogP contribution < -0.4 is 41.2 Å². The van der Waals surface area contributed by atoms with Gasteiger partial charge in [0.25, 0.3) is 5.69 Å². The highest BCUT2D eigenvalue weighted by Crippen LogP contribution is 2.39. The number of amides is 1. The van der Waals surface area contributed by atoms with Gasteiger partial charge in [-0.2, -0.15) is 15.3 Å². The summed E-state index contributed by atoms with van der Waals surface area (Å²) in [7, 11) is 17.0. The van der Waals surface area contributed by atoms with Crippen molar-refractivity contribution in [1.82, 2.24) is 88.6 Å². The van der Waals surface area contributed by atoms with Gasteiger partial charge in [-0.05, 0) is 105 Å². The Morgan fingerprint density at radius 1 is 0.463 bits per heavy atom. The third-order valence-electron chi connectivity index (χ3n) is 19.8. The van der Waals surface area contributed by atoms with Crippen molar-refractivity contribution in [3.05, 3.63) is 186 Å². The van der Waals surface area contributed by atoms with Crippen molar-refractivity contribution in [3.8, 4) is 51.0 Å². The van der Waals surface area contributed by atoms with Crippen molar-refractivity contribution in [2.75, 3.05) is 148 Å². The molecular weight excluding hydrogens is 1370 g/mol. The standard InChI is InChI=1S/C28H32N8O2.C25H28N8O3.C25H30N8O/c1-5-28(37)33-23-14-24(26(38-4)13-21(23)17-36-10-8-34(2)9-11-36)32-27-15-22(29-18-30-27)19-6-7-25-20(12-19)16-31-35(25)3;1-30-6-8-32(9-7-30)15-19-11-24(36-3)21(12-23(19)33(34)35)29-25-13-20(26-16-27-25)17-4-5-22-18(10-17)14-28-31(22)2;1-31-6-8-33(9-7-31)15-19-11-24(34-3)22(12-20(19)26)30-25-13-21(27-16-28-25)17-4-5-23-18(10-17)14-29-32(23)2/h5-7,12-16,18H,1,8-11,17H2,2-4H3,(H,33,37)(H,29,30,32);4-5,10-14,16H,6-9,15H2,1-3H3,(H,26,27,29);4-5,10-14,16H,6-9,15,26H2,1-3H3,(H,27,28,30). The molecule has 15 rings (SSSR count). The lowest BCUT2D eigenvalue weighted by molar-refractivity contribution is -0.385. The number of benzene rings is 6. The number of piperazine rings is 3. The lowest BCUT2D eigenvalue weighted by Gasteiger charge is -2.33. The van der Waals surface area contributed by atoms with Crippen molar-refractivity contribution in [3.63, 3.8) is 0 Å². The molecule has 0 atom stereocenters. The van der Waals surface area contributed by atoms with Crippen LogP contribution >= 0.6 is 0 Å². The van der Waals surface area contributed by atoms with Crippen LogP contribution in [0.1, 0.15) is 16.7 Å². The molecule has 3 fully saturated rings. The molecular formula is C78H90N24O6. The number of carbonyl (C=O) groups is 1. The lowest BCUT2D eigenvalue weighted by atomic mass is 10.1. The Bertz CT molecular complexity index is 5210. The number of rotatable bonds is 21. The highest BCUT2D eigenvalue weighted by molar-refractivity contribution is 6.00. The Morgan fingerprint density at radius 2 is 0.815 bits per heavy atom. The molecule has 6 aromatic carbocycles. The number of nitrogens with two attached hydrogens (primary N) is 1. The monoisotopic (exact) mass is 1460 g/mol. The van der Waals surface area contributed by atoms with Crippen molar-refractivity contribution in [1.29, 1.82) is 0 Å². The molecule has 0 radical (unpaired) electrons. The number of nitrogens with one attached hydrogen (secondary N) is 4. The number of fused-ring (bicyclic) bond motifs is 3. The van der Waals surface area contributed by atoms with Gasteiger partial charge in [-0.3, -0.25) is 43.7 Å². The van der Waals surface area contributed by atoms with Gasteiger partial charge in [0.05, 0.1) is 95.5 Å². The molecule has 558 valence electrons. The molecule has 3 saturated heterocycles. The summed E-state index contributed by atoms with van der Waals surface area (Å²) in [4.78, 5) is 64.3. The minimum absolute atomic E-state index is 0.0496. The van der Waals surface area contributed by atoms with Gasteiger partial charge < -0.3 is 55.9 Å². The van der Waals surface area contributed by atoms with Crippen molar-refractivity contribution in [2.45, 2.75) is 19.6 Å². The number of nitrogen functional groups attached to an aromatic ring is 1. The third kappa shape index (κ3) is 17.7. The van der Waals surface area contributed by atoms with Crippen LogP contribution in [0, 0.1) is 10.1 Å². The van der Waals surface area contributed by atoms with Crippen LogP contribution in [0.4, 0.5) is 51.6 Å². The summed E-state index contributed by atoms with van der Waals surface area (Å²) in [6.07, 6.45) is 11.3. The van der Waals surface area contributed by atoms with E-state index in [4.69, 9.17) is 19.9 Å². The predicted octanol–water partition coefficient (Wildman–Crippen LogP) is 10.2. The van der Waals surface area contributed by atoms with E-state index in [9.17, 15) is 14.9 Å². The molecule has 0 bridgehead atoms. The van der Waals surface area contributed by atoms with Gasteiger partial charge in [0, 0.05) is 193 Å².